The van der Waals surface area contributed by atoms with Crippen LogP contribution in [0, 0.1) is 6.92 Å². The zero-order valence-electron chi connectivity index (χ0n) is 17.0. The first-order valence-electron chi connectivity index (χ1n) is 9.61. The number of rotatable bonds is 5. The van der Waals surface area contributed by atoms with Gasteiger partial charge < -0.3 is 10.1 Å². The molecule has 0 spiro atoms. The fraction of sp³-hybridized carbons (Fsp3) is 0.130. The van der Waals surface area contributed by atoms with Crippen LogP contribution in [0.2, 0.25) is 0 Å². The van der Waals surface area contributed by atoms with Gasteiger partial charge in [0.25, 0.3) is 0 Å². The van der Waals surface area contributed by atoms with Gasteiger partial charge in [-0.05, 0) is 36.2 Å². The summed E-state index contributed by atoms with van der Waals surface area (Å²) in [6.45, 7) is 3.47. The van der Waals surface area contributed by atoms with Gasteiger partial charge in [0.05, 0.1) is 21.6 Å². The molecule has 0 saturated carbocycles. The monoisotopic (exact) mass is 432 g/mol. The van der Waals surface area contributed by atoms with Crippen LogP contribution in [0.3, 0.4) is 0 Å². The molecule has 31 heavy (non-hydrogen) atoms. The molecule has 8 heteroatoms. The summed E-state index contributed by atoms with van der Waals surface area (Å²) in [5, 5.41) is 6.04. The van der Waals surface area contributed by atoms with Crippen molar-refractivity contribution in [1.82, 2.24) is 9.97 Å². The minimum absolute atomic E-state index is 0.156. The summed E-state index contributed by atoms with van der Waals surface area (Å²) in [6, 6.07) is 17.2. The molecule has 2 heterocycles. The lowest BCUT2D eigenvalue weighted by molar-refractivity contribution is -0.114. The molecule has 0 atom stereocenters. The Kier molecular flexibility index (Phi) is 5.90. The van der Waals surface area contributed by atoms with E-state index < -0.39 is 6.09 Å². The van der Waals surface area contributed by atoms with E-state index in [9.17, 15) is 9.59 Å². The maximum atomic E-state index is 12.2. The highest BCUT2D eigenvalue weighted by molar-refractivity contribution is 7.22. The van der Waals surface area contributed by atoms with Gasteiger partial charge in [-0.2, -0.15) is 0 Å². The number of benzene rings is 2. The van der Waals surface area contributed by atoms with Crippen molar-refractivity contribution in [2.45, 2.75) is 20.5 Å². The number of carbonyl (C=O) groups excluding carboxylic acids is 2. The number of hydrogen-bond acceptors (Lipinski definition) is 6. The van der Waals surface area contributed by atoms with Crippen LogP contribution in [-0.2, 0) is 16.1 Å². The fourth-order valence-electron chi connectivity index (χ4n) is 2.99. The molecule has 2 aromatic heterocycles. The number of fused-ring (bicyclic) bond motifs is 1. The van der Waals surface area contributed by atoms with Gasteiger partial charge in [0.15, 0.2) is 5.13 Å². The van der Waals surface area contributed by atoms with E-state index in [0.717, 1.165) is 26.9 Å². The molecule has 0 unspecified atom stereocenters. The second-order valence-corrected chi connectivity index (χ2v) is 7.96. The van der Waals surface area contributed by atoms with Crippen LogP contribution in [0.1, 0.15) is 18.2 Å². The lowest BCUT2D eigenvalue weighted by Gasteiger charge is -2.11. The number of anilines is 2. The fourth-order valence-corrected chi connectivity index (χ4v) is 3.95. The minimum Gasteiger partial charge on any atom is -0.444 e. The highest BCUT2D eigenvalue weighted by atomic mass is 32.1. The molecule has 0 fully saturated rings. The molecular weight excluding hydrogens is 412 g/mol. The van der Waals surface area contributed by atoms with Crippen molar-refractivity contribution >= 4 is 44.4 Å². The van der Waals surface area contributed by atoms with E-state index in [1.165, 1.54) is 18.3 Å². The molecule has 2 N–H and O–H groups in total. The van der Waals surface area contributed by atoms with Gasteiger partial charge in [-0.3, -0.25) is 15.1 Å². The Morgan fingerprint density at radius 3 is 2.61 bits per heavy atom. The van der Waals surface area contributed by atoms with Gasteiger partial charge in [0.1, 0.15) is 6.61 Å². The molecule has 156 valence electrons. The lowest BCUT2D eigenvalue weighted by atomic mass is 10.1. The van der Waals surface area contributed by atoms with E-state index in [2.05, 4.69) is 20.6 Å². The van der Waals surface area contributed by atoms with Crippen LogP contribution < -0.4 is 10.6 Å². The van der Waals surface area contributed by atoms with Crippen molar-refractivity contribution in [2.24, 2.45) is 0 Å². The molecule has 4 rings (SSSR count). The van der Waals surface area contributed by atoms with Crippen LogP contribution in [0.15, 0.2) is 60.8 Å². The highest BCUT2D eigenvalue weighted by Crippen LogP contribution is 2.31. The SMILES string of the molecule is CC(=O)Nc1nc2ccc(-c3cnc(C)c(NC(=O)OCc4ccccc4)c3)cc2s1. The third-order valence-corrected chi connectivity index (χ3v) is 5.47. The van der Waals surface area contributed by atoms with Gasteiger partial charge in [-0.25, -0.2) is 9.78 Å². The number of carbonyl (C=O) groups is 2. The second-order valence-electron chi connectivity index (χ2n) is 6.93. The first-order valence-corrected chi connectivity index (χ1v) is 10.4. The van der Waals surface area contributed by atoms with E-state index >= 15 is 0 Å². The smallest absolute Gasteiger partial charge is 0.412 e. The summed E-state index contributed by atoms with van der Waals surface area (Å²) < 4.78 is 6.25. The Morgan fingerprint density at radius 2 is 1.84 bits per heavy atom. The third kappa shape index (κ3) is 5.04. The molecule has 2 amide bonds. The lowest BCUT2D eigenvalue weighted by Crippen LogP contribution is -2.14. The van der Waals surface area contributed by atoms with Gasteiger partial charge >= 0.3 is 6.09 Å². The first kappa shape index (κ1) is 20.5. The molecule has 0 saturated heterocycles. The summed E-state index contributed by atoms with van der Waals surface area (Å²) in [6.07, 6.45) is 1.22. The average molecular weight is 433 g/mol. The van der Waals surface area contributed by atoms with Gasteiger partial charge in [-0.1, -0.05) is 47.7 Å². The Labute approximate surface area is 183 Å². The number of nitrogens with zero attached hydrogens (tertiary/aromatic N) is 2. The van der Waals surface area contributed by atoms with Crippen molar-refractivity contribution in [3.8, 4) is 11.1 Å². The molecule has 4 aromatic rings. The van der Waals surface area contributed by atoms with Crippen LogP contribution in [0.5, 0.6) is 0 Å². The third-order valence-electron chi connectivity index (χ3n) is 4.54. The van der Waals surface area contributed by atoms with Crippen molar-refractivity contribution in [3.63, 3.8) is 0 Å². The topological polar surface area (TPSA) is 93.2 Å². The van der Waals surface area contributed by atoms with Gasteiger partial charge in [0.2, 0.25) is 5.91 Å². The summed E-state index contributed by atoms with van der Waals surface area (Å²) >= 11 is 1.40. The van der Waals surface area contributed by atoms with Crippen LogP contribution in [0.25, 0.3) is 21.3 Å². The Morgan fingerprint density at radius 1 is 1.03 bits per heavy atom. The Bertz CT molecular complexity index is 1250. The number of pyridine rings is 1. The maximum Gasteiger partial charge on any atom is 0.412 e. The van der Waals surface area contributed by atoms with Gasteiger partial charge in [0, 0.05) is 18.7 Å². The average Bonchev–Trinajstić information content (AvgIpc) is 3.15. The Hall–Kier alpha value is -3.78. The predicted octanol–water partition coefficient (Wildman–Crippen LogP) is 5.37. The number of hydrogen-bond donors (Lipinski definition) is 2. The number of amides is 2. The zero-order valence-corrected chi connectivity index (χ0v) is 17.8. The number of ether oxygens (including phenoxy) is 1. The first-order chi connectivity index (χ1) is 15.0. The molecular formula is C23H20N4O3S. The van der Waals surface area contributed by atoms with Crippen molar-refractivity contribution in [1.29, 1.82) is 0 Å². The van der Waals surface area contributed by atoms with Crippen molar-refractivity contribution in [2.75, 3.05) is 10.6 Å². The number of aromatic nitrogens is 2. The molecule has 0 radical (unpaired) electrons. The molecule has 0 aliphatic heterocycles. The summed E-state index contributed by atoms with van der Waals surface area (Å²) in [7, 11) is 0. The predicted molar refractivity (Wildman–Crippen MR) is 122 cm³/mol. The maximum absolute atomic E-state index is 12.2. The van der Waals surface area contributed by atoms with Crippen LogP contribution >= 0.6 is 11.3 Å². The largest absolute Gasteiger partial charge is 0.444 e. The summed E-state index contributed by atoms with van der Waals surface area (Å²) in [4.78, 5) is 32.3. The Balaban J connectivity index is 1.51. The molecule has 0 aliphatic rings. The molecule has 0 aliphatic carbocycles. The van der Waals surface area contributed by atoms with E-state index in [1.54, 1.807) is 6.20 Å². The second kappa shape index (κ2) is 8.93. The highest BCUT2D eigenvalue weighted by Gasteiger charge is 2.11. The van der Waals surface area contributed by atoms with E-state index in [-0.39, 0.29) is 12.5 Å². The summed E-state index contributed by atoms with van der Waals surface area (Å²) in [5.74, 6) is -0.156. The minimum atomic E-state index is -0.538. The number of nitrogens with one attached hydrogen (secondary N) is 2. The normalized spacial score (nSPS) is 10.6. The molecule has 7 nitrogen and oxygen atoms in total. The van der Waals surface area contributed by atoms with E-state index in [4.69, 9.17) is 4.74 Å². The van der Waals surface area contributed by atoms with Crippen LogP contribution in [-0.4, -0.2) is 22.0 Å². The standard InChI is InChI=1S/C23H20N4O3S/c1-14-20(27-23(29)30-13-16-6-4-3-5-7-16)10-18(12-24-14)17-8-9-19-21(11-17)31-22(26-19)25-15(2)28/h3-12H,13H2,1-2H3,(H,27,29)(H,25,26,28). The number of aryl methyl sites for hydroxylation is 1. The van der Waals surface area contributed by atoms with E-state index in [0.29, 0.717) is 16.5 Å². The van der Waals surface area contributed by atoms with Crippen LogP contribution in [0.4, 0.5) is 15.6 Å². The summed E-state index contributed by atoms with van der Waals surface area (Å²) in [5.41, 5.74) is 4.77. The van der Waals surface area contributed by atoms with Crippen molar-refractivity contribution in [3.05, 3.63) is 72.1 Å². The zero-order chi connectivity index (χ0) is 21.8. The van der Waals surface area contributed by atoms with Gasteiger partial charge in [-0.15, -0.1) is 0 Å². The molecule has 2 aromatic carbocycles. The molecule has 0 bridgehead atoms. The van der Waals surface area contributed by atoms with Crippen molar-refractivity contribution < 1.29 is 14.3 Å². The number of thiazole rings is 1. The quantitative estimate of drug-likeness (QED) is 0.442. The van der Waals surface area contributed by atoms with E-state index in [1.807, 2.05) is 61.5 Å².